The van der Waals surface area contributed by atoms with Gasteiger partial charge in [-0.25, -0.2) is 9.98 Å². The number of para-hydroxylation sites is 1. The number of hydrogen-bond donors (Lipinski definition) is 2. The maximum atomic E-state index is 4.63. The van der Waals surface area contributed by atoms with Crippen molar-refractivity contribution in [3.05, 3.63) is 58.6 Å². The lowest BCUT2D eigenvalue weighted by molar-refractivity contribution is 0.782. The highest BCUT2D eigenvalue weighted by Gasteiger charge is 2.06. The Labute approximate surface area is 157 Å². The van der Waals surface area contributed by atoms with Crippen LogP contribution in [0.1, 0.15) is 22.6 Å². The van der Waals surface area contributed by atoms with Crippen molar-refractivity contribution in [1.82, 2.24) is 30.4 Å². The van der Waals surface area contributed by atoms with Gasteiger partial charge in [0.1, 0.15) is 12.9 Å². The quantitative estimate of drug-likeness (QED) is 0.494. The summed E-state index contributed by atoms with van der Waals surface area (Å²) in [5, 5.41) is 16.0. The summed E-state index contributed by atoms with van der Waals surface area (Å²) in [7, 11) is 0. The molecule has 0 radical (unpaired) electrons. The predicted molar refractivity (Wildman–Crippen MR) is 105 cm³/mol. The van der Waals surface area contributed by atoms with Crippen molar-refractivity contribution >= 4 is 17.3 Å². The molecule has 2 N–H and O–H groups in total. The average Bonchev–Trinajstić information content (AvgIpc) is 3.29. The highest BCUT2D eigenvalue weighted by atomic mass is 32.1. The molecule has 0 saturated carbocycles. The van der Waals surface area contributed by atoms with Crippen LogP contribution < -0.4 is 10.6 Å². The minimum absolute atomic E-state index is 0.445. The van der Waals surface area contributed by atoms with Crippen LogP contribution >= 0.6 is 11.3 Å². The fraction of sp³-hybridized carbons (Fsp3) is 0.333. The summed E-state index contributed by atoms with van der Waals surface area (Å²) in [4.78, 5) is 10.3. The molecule has 0 spiro atoms. The zero-order chi connectivity index (χ0) is 18.2. The minimum Gasteiger partial charge on any atom is -0.357 e. The smallest absolute Gasteiger partial charge is 0.191 e. The van der Waals surface area contributed by atoms with E-state index in [1.165, 1.54) is 4.88 Å². The number of hydrogen-bond acceptors (Lipinski definition) is 5. The van der Waals surface area contributed by atoms with Gasteiger partial charge in [0.15, 0.2) is 11.8 Å². The Morgan fingerprint density at radius 3 is 2.81 bits per heavy atom. The Morgan fingerprint density at radius 1 is 1.23 bits per heavy atom. The van der Waals surface area contributed by atoms with Crippen LogP contribution in [0.5, 0.6) is 0 Å². The lowest BCUT2D eigenvalue weighted by Gasteiger charge is -2.11. The van der Waals surface area contributed by atoms with Crippen molar-refractivity contribution in [3.8, 4) is 5.69 Å². The average molecular weight is 369 g/mol. The maximum absolute atomic E-state index is 4.63. The Bertz CT molecular complexity index is 838. The Balaban J connectivity index is 1.61. The molecule has 136 valence electrons. The van der Waals surface area contributed by atoms with E-state index < -0.39 is 0 Å². The fourth-order valence-corrected chi connectivity index (χ4v) is 3.25. The van der Waals surface area contributed by atoms with Crippen molar-refractivity contribution in [2.24, 2.45) is 4.99 Å². The molecule has 2 aromatic heterocycles. The largest absolute Gasteiger partial charge is 0.357 e. The summed E-state index contributed by atoms with van der Waals surface area (Å²) in [5.74, 6) is 1.56. The first-order valence-electron chi connectivity index (χ1n) is 8.64. The van der Waals surface area contributed by atoms with E-state index in [9.17, 15) is 0 Å². The van der Waals surface area contributed by atoms with Gasteiger partial charge in [-0.1, -0.05) is 18.2 Å². The standard InChI is InChI=1S/C18H23N7S/c1-3-19-18(20-10-9-17-21-11-14(2)26-17)22-12-16-24-23-13-25(16)15-7-5-4-6-8-15/h4-8,11,13H,3,9-10,12H2,1-2H3,(H2,19,20,22). The first-order chi connectivity index (χ1) is 12.8. The molecule has 0 saturated heterocycles. The third-order valence-electron chi connectivity index (χ3n) is 3.68. The van der Waals surface area contributed by atoms with Crippen LogP contribution in [0, 0.1) is 6.92 Å². The van der Waals surface area contributed by atoms with Gasteiger partial charge in [-0.3, -0.25) is 4.57 Å². The third kappa shape index (κ3) is 4.89. The van der Waals surface area contributed by atoms with Crippen LogP contribution in [0.2, 0.25) is 0 Å². The second-order valence-corrected chi connectivity index (χ2v) is 7.01. The summed E-state index contributed by atoms with van der Waals surface area (Å²) >= 11 is 1.73. The highest BCUT2D eigenvalue weighted by molar-refractivity contribution is 7.11. The fourth-order valence-electron chi connectivity index (χ4n) is 2.47. The molecular formula is C18H23N7S. The first kappa shape index (κ1) is 18.1. The normalized spacial score (nSPS) is 11.5. The summed E-state index contributed by atoms with van der Waals surface area (Å²) in [6.45, 7) is 6.15. The minimum atomic E-state index is 0.445. The van der Waals surface area contributed by atoms with E-state index in [1.54, 1.807) is 17.7 Å². The number of guanidine groups is 1. The zero-order valence-corrected chi connectivity index (χ0v) is 15.8. The third-order valence-corrected chi connectivity index (χ3v) is 4.65. The molecule has 26 heavy (non-hydrogen) atoms. The Kier molecular flexibility index (Phi) is 6.32. The number of aryl methyl sites for hydroxylation is 1. The van der Waals surface area contributed by atoms with Crippen molar-refractivity contribution in [1.29, 1.82) is 0 Å². The number of benzene rings is 1. The molecule has 3 rings (SSSR count). The lowest BCUT2D eigenvalue weighted by Crippen LogP contribution is -2.38. The monoisotopic (exact) mass is 369 g/mol. The van der Waals surface area contributed by atoms with Crippen molar-refractivity contribution in [2.75, 3.05) is 13.1 Å². The van der Waals surface area contributed by atoms with Crippen LogP contribution in [0.3, 0.4) is 0 Å². The summed E-state index contributed by atoms with van der Waals surface area (Å²) < 4.78 is 1.95. The van der Waals surface area contributed by atoms with Crippen molar-refractivity contribution in [2.45, 2.75) is 26.8 Å². The van der Waals surface area contributed by atoms with Crippen molar-refractivity contribution < 1.29 is 0 Å². The number of aliphatic imine (C=N–C) groups is 1. The van der Waals surface area contributed by atoms with Gasteiger partial charge in [-0.15, -0.1) is 21.5 Å². The van der Waals surface area contributed by atoms with Crippen molar-refractivity contribution in [3.63, 3.8) is 0 Å². The van der Waals surface area contributed by atoms with E-state index in [4.69, 9.17) is 0 Å². The predicted octanol–water partition coefficient (Wildman–Crippen LogP) is 2.33. The van der Waals surface area contributed by atoms with Gasteiger partial charge in [0.2, 0.25) is 0 Å². The summed E-state index contributed by atoms with van der Waals surface area (Å²) in [5.41, 5.74) is 1.03. The number of thiazole rings is 1. The van der Waals surface area contributed by atoms with Gasteiger partial charge in [0, 0.05) is 36.3 Å². The van der Waals surface area contributed by atoms with Crippen LogP contribution in [-0.2, 0) is 13.0 Å². The lowest BCUT2D eigenvalue weighted by atomic mass is 10.3. The Morgan fingerprint density at radius 2 is 2.08 bits per heavy atom. The Hall–Kier alpha value is -2.74. The molecule has 0 aliphatic heterocycles. The van der Waals surface area contributed by atoms with E-state index in [1.807, 2.05) is 48.0 Å². The molecule has 0 aliphatic carbocycles. The molecule has 7 nitrogen and oxygen atoms in total. The molecule has 0 aliphatic rings. The molecule has 0 amide bonds. The van der Waals surface area contributed by atoms with Gasteiger partial charge in [0.05, 0.1) is 5.01 Å². The SMILES string of the molecule is CCNC(=NCc1nncn1-c1ccccc1)NCCc1ncc(C)s1. The molecular weight excluding hydrogens is 346 g/mol. The molecule has 0 atom stereocenters. The van der Waals surface area contributed by atoms with E-state index >= 15 is 0 Å². The molecule has 8 heteroatoms. The van der Waals surface area contributed by atoms with Crippen LogP contribution in [-0.4, -0.2) is 38.8 Å². The van der Waals surface area contributed by atoms with Gasteiger partial charge in [-0.05, 0) is 26.0 Å². The van der Waals surface area contributed by atoms with E-state index in [2.05, 4.69) is 37.7 Å². The van der Waals surface area contributed by atoms with Gasteiger partial charge < -0.3 is 10.6 Å². The van der Waals surface area contributed by atoms with E-state index in [0.717, 1.165) is 42.0 Å². The van der Waals surface area contributed by atoms with Gasteiger partial charge in [0.25, 0.3) is 0 Å². The second kappa shape index (κ2) is 9.10. The molecule has 0 fully saturated rings. The summed E-state index contributed by atoms with van der Waals surface area (Å²) in [6.07, 6.45) is 4.50. The first-order valence-corrected chi connectivity index (χ1v) is 9.45. The zero-order valence-electron chi connectivity index (χ0n) is 15.0. The molecule has 1 aromatic carbocycles. The molecule has 0 bridgehead atoms. The molecule has 0 unspecified atom stereocenters. The number of aromatic nitrogens is 4. The maximum Gasteiger partial charge on any atom is 0.191 e. The summed E-state index contributed by atoms with van der Waals surface area (Å²) in [6, 6.07) is 10.0. The number of nitrogens with zero attached hydrogens (tertiary/aromatic N) is 5. The number of nitrogens with one attached hydrogen (secondary N) is 2. The number of rotatable bonds is 7. The van der Waals surface area contributed by atoms with Crippen LogP contribution in [0.4, 0.5) is 0 Å². The second-order valence-electron chi connectivity index (χ2n) is 5.69. The highest BCUT2D eigenvalue weighted by Crippen LogP contribution is 2.11. The molecule has 3 aromatic rings. The van der Waals surface area contributed by atoms with Gasteiger partial charge >= 0.3 is 0 Å². The van der Waals surface area contributed by atoms with Gasteiger partial charge in [-0.2, -0.15) is 0 Å². The molecule has 2 heterocycles. The van der Waals surface area contributed by atoms with E-state index in [0.29, 0.717) is 6.54 Å². The van der Waals surface area contributed by atoms with Crippen LogP contribution in [0.15, 0.2) is 47.8 Å². The van der Waals surface area contributed by atoms with Crippen LogP contribution in [0.25, 0.3) is 5.69 Å². The topological polar surface area (TPSA) is 80.0 Å². The van der Waals surface area contributed by atoms with E-state index in [-0.39, 0.29) is 0 Å².